The lowest BCUT2D eigenvalue weighted by Crippen LogP contribution is -2.07. The van der Waals surface area contributed by atoms with E-state index in [4.69, 9.17) is 0 Å². The maximum atomic E-state index is 11.9. The van der Waals surface area contributed by atoms with Crippen molar-refractivity contribution in [2.24, 2.45) is 0 Å². The third kappa shape index (κ3) is 3.96. The molecular weight excluding hydrogens is 388 g/mol. The zero-order valence-corrected chi connectivity index (χ0v) is 16.4. The number of rotatable bonds is 5. The molecule has 0 aliphatic heterocycles. The van der Waals surface area contributed by atoms with Crippen LogP contribution in [0.5, 0.6) is 0 Å². The fraction of sp³-hybridized carbons (Fsp3) is 0.176. The molecule has 0 saturated heterocycles. The van der Waals surface area contributed by atoms with Crippen LogP contribution in [-0.2, 0) is 9.84 Å². The monoisotopic (exact) mass is 404 g/mol. The zero-order valence-electron chi connectivity index (χ0n) is 14.8. The fourth-order valence-corrected chi connectivity index (χ4v) is 4.09. The molecular formula is C17H16N4O4S2. The first-order valence-electron chi connectivity index (χ1n) is 7.83. The molecule has 10 heteroatoms. The van der Waals surface area contributed by atoms with Gasteiger partial charge in [-0.2, -0.15) is 0 Å². The minimum Gasteiger partial charge on any atom is -0.325 e. The molecule has 0 bridgehead atoms. The topological polar surface area (TPSA) is 115 Å². The van der Waals surface area contributed by atoms with Crippen molar-refractivity contribution in [3.8, 4) is 10.6 Å². The molecule has 0 aliphatic carbocycles. The first-order chi connectivity index (χ1) is 12.7. The Morgan fingerprint density at radius 3 is 2.41 bits per heavy atom. The number of nitrogens with zero attached hydrogens (tertiary/aromatic N) is 3. The second-order valence-corrected chi connectivity index (χ2v) is 8.89. The molecule has 0 atom stereocenters. The summed E-state index contributed by atoms with van der Waals surface area (Å²) in [5.74, 6) is -0.119. The second kappa shape index (κ2) is 7.05. The van der Waals surface area contributed by atoms with Crippen molar-refractivity contribution in [2.45, 2.75) is 18.9 Å². The Balaban J connectivity index is 2.09. The Morgan fingerprint density at radius 1 is 1.15 bits per heavy atom. The van der Waals surface area contributed by atoms with Gasteiger partial charge in [-0.15, -0.1) is 0 Å². The summed E-state index contributed by atoms with van der Waals surface area (Å²) >= 11 is 1.31. The molecule has 8 nitrogen and oxygen atoms in total. The lowest BCUT2D eigenvalue weighted by molar-refractivity contribution is -0.384. The molecule has 1 aromatic carbocycles. The highest BCUT2D eigenvalue weighted by Crippen LogP contribution is 2.37. The fourth-order valence-electron chi connectivity index (χ4n) is 2.47. The summed E-state index contributed by atoms with van der Waals surface area (Å²) in [7, 11) is -3.62. The number of nitro groups is 1. The van der Waals surface area contributed by atoms with Gasteiger partial charge in [-0.3, -0.25) is 10.1 Å². The van der Waals surface area contributed by atoms with Crippen LogP contribution in [0.1, 0.15) is 11.3 Å². The van der Waals surface area contributed by atoms with Gasteiger partial charge < -0.3 is 5.32 Å². The highest BCUT2D eigenvalue weighted by atomic mass is 32.2. The van der Waals surface area contributed by atoms with Crippen LogP contribution in [-0.4, -0.2) is 29.6 Å². The van der Waals surface area contributed by atoms with E-state index in [1.54, 1.807) is 6.92 Å². The molecule has 0 spiro atoms. The van der Waals surface area contributed by atoms with Crippen LogP contribution in [0.3, 0.4) is 0 Å². The molecule has 0 amide bonds. The average molecular weight is 404 g/mol. The lowest BCUT2D eigenvalue weighted by atomic mass is 10.2. The number of benzene rings is 1. The number of thiazole rings is 1. The minimum absolute atomic E-state index is 0.119. The van der Waals surface area contributed by atoms with Crippen LogP contribution in [0.25, 0.3) is 10.6 Å². The second-order valence-electron chi connectivity index (χ2n) is 5.93. The molecule has 1 N–H and O–H groups in total. The molecule has 0 fully saturated rings. The van der Waals surface area contributed by atoms with Gasteiger partial charge in [-0.25, -0.2) is 18.4 Å². The molecule has 2 heterocycles. The number of anilines is 2. The summed E-state index contributed by atoms with van der Waals surface area (Å²) in [6, 6.07) is 10.7. The molecule has 3 rings (SSSR count). The number of aromatic nitrogens is 2. The molecule has 0 radical (unpaired) electrons. The number of sulfone groups is 1. The lowest BCUT2D eigenvalue weighted by Gasteiger charge is -2.08. The van der Waals surface area contributed by atoms with Crippen LogP contribution in [0.15, 0.2) is 41.4 Å². The Labute approximate surface area is 160 Å². The van der Waals surface area contributed by atoms with Gasteiger partial charge in [0.15, 0.2) is 14.9 Å². The van der Waals surface area contributed by atoms with Gasteiger partial charge in [0.2, 0.25) is 5.82 Å². The van der Waals surface area contributed by atoms with E-state index in [2.05, 4.69) is 15.3 Å². The van der Waals surface area contributed by atoms with Crippen LogP contribution < -0.4 is 5.32 Å². The standard InChI is InChI=1S/C17H16N4O4S2/c1-10-9-13(27(3,24)25)19-15(14(10)21(22)23)20-16-11(2)18-17(26-16)12-7-5-4-6-8-12/h4-9H,1-3H3,(H,19,20). The Morgan fingerprint density at radius 2 is 1.81 bits per heavy atom. The van der Waals surface area contributed by atoms with Gasteiger partial charge in [-0.05, 0) is 19.9 Å². The highest BCUT2D eigenvalue weighted by Gasteiger charge is 2.25. The van der Waals surface area contributed by atoms with E-state index in [9.17, 15) is 18.5 Å². The average Bonchev–Trinajstić information content (AvgIpc) is 2.95. The maximum absolute atomic E-state index is 11.9. The van der Waals surface area contributed by atoms with Gasteiger partial charge in [0.25, 0.3) is 0 Å². The normalized spacial score (nSPS) is 11.4. The minimum atomic E-state index is -3.62. The van der Waals surface area contributed by atoms with Crippen LogP contribution in [0.4, 0.5) is 16.5 Å². The van der Waals surface area contributed by atoms with Crippen molar-refractivity contribution < 1.29 is 13.3 Å². The van der Waals surface area contributed by atoms with Crippen molar-refractivity contribution in [1.29, 1.82) is 0 Å². The smallest absolute Gasteiger partial charge is 0.314 e. The van der Waals surface area contributed by atoms with Crippen LogP contribution in [0, 0.1) is 24.0 Å². The third-order valence-electron chi connectivity index (χ3n) is 3.77. The van der Waals surface area contributed by atoms with E-state index in [-0.39, 0.29) is 22.1 Å². The van der Waals surface area contributed by atoms with E-state index in [0.29, 0.717) is 10.7 Å². The number of hydrogen-bond donors (Lipinski definition) is 1. The van der Waals surface area contributed by atoms with Crippen molar-refractivity contribution in [3.05, 3.63) is 57.8 Å². The van der Waals surface area contributed by atoms with Crippen molar-refractivity contribution >= 4 is 37.7 Å². The SMILES string of the molecule is Cc1cc(S(C)(=O)=O)nc(Nc2sc(-c3ccccc3)nc2C)c1[N+](=O)[O-]. The summed E-state index contributed by atoms with van der Waals surface area (Å²) in [6.07, 6.45) is 1.01. The Kier molecular flexibility index (Phi) is 4.94. The Hall–Kier alpha value is -2.85. The van der Waals surface area contributed by atoms with Crippen molar-refractivity contribution in [1.82, 2.24) is 9.97 Å². The molecule has 3 aromatic rings. The molecule has 0 aliphatic rings. The predicted octanol–water partition coefficient (Wildman–Crippen LogP) is 3.88. The highest BCUT2D eigenvalue weighted by molar-refractivity contribution is 7.90. The van der Waals surface area contributed by atoms with Crippen LogP contribution in [0.2, 0.25) is 0 Å². The molecule has 0 unspecified atom stereocenters. The first-order valence-corrected chi connectivity index (χ1v) is 10.5. The molecule has 140 valence electrons. The quantitative estimate of drug-likeness (QED) is 0.507. The summed E-state index contributed by atoms with van der Waals surface area (Å²) in [4.78, 5) is 19.4. The molecule has 0 saturated carbocycles. The largest absolute Gasteiger partial charge is 0.325 e. The van der Waals surface area contributed by atoms with Gasteiger partial charge in [0.05, 0.1) is 10.6 Å². The Bertz CT molecular complexity index is 1130. The van der Waals surface area contributed by atoms with E-state index >= 15 is 0 Å². The summed E-state index contributed by atoms with van der Waals surface area (Å²) in [5, 5.41) is 15.5. The number of nitrogens with one attached hydrogen (secondary N) is 1. The van der Waals surface area contributed by atoms with E-state index in [1.165, 1.54) is 24.3 Å². The number of pyridine rings is 1. The predicted molar refractivity (Wildman–Crippen MR) is 104 cm³/mol. The summed E-state index contributed by atoms with van der Waals surface area (Å²) in [5.41, 5.74) is 1.50. The van der Waals surface area contributed by atoms with Gasteiger partial charge in [0, 0.05) is 17.4 Å². The van der Waals surface area contributed by atoms with Gasteiger partial charge in [0.1, 0.15) is 10.0 Å². The molecule has 2 aromatic heterocycles. The van der Waals surface area contributed by atoms with Gasteiger partial charge in [-0.1, -0.05) is 41.7 Å². The summed E-state index contributed by atoms with van der Waals surface area (Å²) in [6.45, 7) is 3.25. The van der Waals surface area contributed by atoms with Crippen molar-refractivity contribution in [3.63, 3.8) is 0 Å². The van der Waals surface area contributed by atoms with E-state index in [1.807, 2.05) is 30.3 Å². The summed E-state index contributed by atoms with van der Waals surface area (Å²) < 4.78 is 23.7. The first kappa shape index (κ1) is 18.9. The number of aryl methyl sites for hydroxylation is 2. The van der Waals surface area contributed by atoms with E-state index in [0.717, 1.165) is 16.8 Å². The third-order valence-corrected chi connectivity index (χ3v) is 5.86. The van der Waals surface area contributed by atoms with Crippen LogP contribution >= 0.6 is 11.3 Å². The van der Waals surface area contributed by atoms with E-state index < -0.39 is 14.8 Å². The maximum Gasteiger partial charge on any atom is 0.314 e. The molecule has 27 heavy (non-hydrogen) atoms. The van der Waals surface area contributed by atoms with Crippen molar-refractivity contribution in [2.75, 3.05) is 11.6 Å². The zero-order chi connectivity index (χ0) is 19.8. The number of hydrogen-bond acceptors (Lipinski definition) is 8. The van der Waals surface area contributed by atoms with Gasteiger partial charge >= 0.3 is 5.69 Å².